The Labute approximate surface area is 207 Å². The summed E-state index contributed by atoms with van der Waals surface area (Å²) in [5.74, 6) is -0.570. The Balaban J connectivity index is 2.28. The summed E-state index contributed by atoms with van der Waals surface area (Å²) in [6.07, 6.45) is 12.6. The maximum Gasteiger partial charge on any atom is 0.362 e. The van der Waals surface area contributed by atoms with Crippen LogP contribution in [-0.2, 0) is 14.9 Å². The fourth-order valence-electron chi connectivity index (χ4n) is 5.61. The van der Waals surface area contributed by atoms with Gasteiger partial charge in [-0.3, -0.25) is 4.99 Å². The van der Waals surface area contributed by atoms with Crippen molar-refractivity contribution in [3.05, 3.63) is 34.9 Å². The zero-order valence-electron chi connectivity index (χ0n) is 22.2. The number of nitrogens with zero attached hydrogens (tertiary/aromatic N) is 2. The summed E-state index contributed by atoms with van der Waals surface area (Å²) in [5.41, 5.74) is 3.71. The van der Waals surface area contributed by atoms with Crippen molar-refractivity contribution in [2.45, 2.75) is 123 Å². The number of oxime groups is 1. The molecule has 1 heterocycles. The molecule has 0 aromatic heterocycles. The lowest BCUT2D eigenvalue weighted by Crippen LogP contribution is -2.40. The third-order valence-corrected chi connectivity index (χ3v) is 7.09. The van der Waals surface area contributed by atoms with Gasteiger partial charge in [0, 0.05) is 17.5 Å². The number of carbonyl (C=O) groups is 1. The maximum absolute atomic E-state index is 13.2. The summed E-state index contributed by atoms with van der Waals surface area (Å²) in [4.78, 5) is 18.1. The van der Waals surface area contributed by atoms with E-state index in [0.29, 0.717) is 12.3 Å². The molecule has 5 nitrogen and oxygen atoms in total. The number of aryl methyl sites for hydroxylation is 1. The van der Waals surface area contributed by atoms with E-state index >= 15 is 0 Å². The van der Waals surface area contributed by atoms with E-state index in [2.05, 4.69) is 45.8 Å². The van der Waals surface area contributed by atoms with Gasteiger partial charge >= 0.3 is 5.97 Å². The lowest BCUT2D eigenvalue weighted by molar-refractivity contribution is -0.141. The second kappa shape index (κ2) is 14.3. The number of carbonyl (C=O) groups excluding carboxylic acids is 1. The van der Waals surface area contributed by atoms with Crippen LogP contribution in [0, 0.1) is 6.92 Å². The predicted octanol–water partition coefficient (Wildman–Crippen LogP) is 7.54. The molecular weight excluding hydrogens is 424 g/mol. The molecule has 1 atom stereocenters. The van der Waals surface area contributed by atoms with E-state index in [4.69, 9.17) is 9.73 Å². The second-order valence-corrected chi connectivity index (χ2v) is 9.91. The fraction of sp³-hybridized carbons (Fsp3) is 0.690. The van der Waals surface area contributed by atoms with Gasteiger partial charge in [0.05, 0.1) is 0 Å². The van der Waals surface area contributed by atoms with Gasteiger partial charge in [0.1, 0.15) is 11.8 Å². The van der Waals surface area contributed by atoms with Crippen molar-refractivity contribution in [2.75, 3.05) is 6.54 Å². The molecule has 2 rings (SSSR count). The molecular formula is C29H46N2O3. The Morgan fingerprint density at radius 3 is 2.35 bits per heavy atom. The molecule has 0 saturated heterocycles. The van der Waals surface area contributed by atoms with Crippen molar-refractivity contribution < 1.29 is 14.7 Å². The molecule has 1 aliphatic heterocycles. The molecule has 1 aromatic carbocycles. The number of hydrogen-bond donors (Lipinski definition) is 1. The average Bonchev–Trinajstić information content (AvgIpc) is 2.81. The molecule has 0 radical (unpaired) electrons. The number of fused-ring (bicyclic) bond motifs is 1. The van der Waals surface area contributed by atoms with Crippen LogP contribution < -0.4 is 0 Å². The van der Waals surface area contributed by atoms with Gasteiger partial charge in [0.2, 0.25) is 5.71 Å². The first-order valence-electron chi connectivity index (χ1n) is 13.6. The Hall–Kier alpha value is -2.17. The highest BCUT2D eigenvalue weighted by Gasteiger charge is 2.40. The quantitative estimate of drug-likeness (QED) is 0.0946. The minimum Gasteiger partial charge on any atom is -0.458 e. The van der Waals surface area contributed by atoms with Crippen LogP contribution in [0.4, 0.5) is 0 Å². The van der Waals surface area contributed by atoms with Gasteiger partial charge in [-0.1, -0.05) is 96.0 Å². The minimum absolute atomic E-state index is 0.0403. The summed E-state index contributed by atoms with van der Waals surface area (Å²) in [7, 11) is 0. The van der Waals surface area contributed by atoms with Crippen LogP contribution in [-0.4, -0.2) is 35.2 Å². The minimum atomic E-state index is -0.570. The normalized spacial score (nSPS) is 16.0. The lowest BCUT2D eigenvalue weighted by Gasteiger charge is -2.39. The number of rotatable bonds is 15. The van der Waals surface area contributed by atoms with E-state index in [-0.39, 0.29) is 17.2 Å². The molecule has 1 aromatic rings. The van der Waals surface area contributed by atoms with Crippen molar-refractivity contribution in [3.8, 4) is 0 Å². The molecule has 0 aliphatic carbocycles. The van der Waals surface area contributed by atoms with Gasteiger partial charge in [-0.05, 0) is 50.2 Å². The first-order valence-corrected chi connectivity index (χ1v) is 13.6. The zero-order chi connectivity index (χ0) is 25.0. The molecule has 0 amide bonds. The van der Waals surface area contributed by atoms with Gasteiger partial charge in [-0.25, -0.2) is 4.79 Å². The lowest BCUT2D eigenvalue weighted by atomic mass is 9.68. The topological polar surface area (TPSA) is 71.2 Å². The highest BCUT2D eigenvalue weighted by Crippen LogP contribution is 2.41. The zero-order valence-corrected chi connectivity index (χ0v) is 22.2. The molecule has 1 N–H and O–H groups in total. The largest absolute Gasteiger partial charge is 0.458 e. The number of hydrogen-bond acceptors (Lipinski definition) is 5. The smallest absolute Gasteiger partial charge is 0.362 e. The van der Waals surface area contributed by atoms with Gasteiger partial charge in [-0.2, -0.15) is 0 Å². The predicted molar refractivity (Wildman–Crippen MR) is 141 cm³/mol. The van der Waals surface area contributed by atoms with Crippen LogP contribution >= 0.6 is 0 Å². The number of unbranched alkanes of at least 4 members (excludes halogenated alkanes) is 4. The van der Waals surface area contributed by atoms with E-state index in [0.717, 1.165) is 63.4 Å². The van der Waals surface area contributed by atoms with Crippen molar-refractivity contribution in [3.63, 3.8) is 0 Å². The van der Waals surface area contributed by atoms with Crippen molar-refractivity contribution >= 4 is 17.4 Å². The summed E-state index contributed by atoms with van der Waals surface area (Å²) >= 11 is 0. The number of ether oxygens (including phenoxy) is 1. The Kier molecular flexibility index (Phi) is 11.8. The number of esters is 1. The fourth-order valence-corrected chi connectivity index (χ4v) is 5.61. The van der Waals surface area contributed by atoms with Crippen molar-refractivity contribution in [2.24, 2.45) is 10.1 Å². The van der Waals surface area contributed by atoms with E-state index in [9.17, 15) is 10.0 Å². The first-order chi connectivity index (χ1) is 16.5. The third-order valence-electron chi connectivity index (χ3n) is 7.09. The van der Waals surface area contributed by atoms with E-state index in [1.807, 2.05) is 12.1 Å². The molecule has 34 heavy (non-hydrogen) atoms. The van der Waals surface area contributed by atoms with Gasteiger partial charge in [-0.15, -0.1) is 0 Å². The monoisotopic (exact) mass is 470 g/mol. The Morgan fingerprint density at radius 1 is 1.03 bits per heavy atom. The summed E-state index contributed by atoms with van der Waals surface area (Å²) in [6, 6.07) is 6.13. The highest BCUT2D eigenvalue weighted by atomic mass is 16.5. The van der Waals surface area contributed by atoms with Gasteiger partial charge in [0.15, 0.2) is 0 Å². The van der Waals surface area contributed by atoms with E-state index < -0.39 is 5.97 Å². The first kappa shape index (κ1) is 28.1. The molecule has 190 valence electrons. The maximum atomic E-state index is 13.2. The molecule has 0 saturated carbocycles. The summed E-state index contributed by atoms with van der Waals surface area (Å²) in [6.45, 7) is 11.5. The van der Waals surface area contributed by atoms with Crippen LogP contribution in [0.2, 0.25) is 0 Å². The molecule has 5 heteroatoms. The van der Waals surface area contributed by atoms with Gasteiger partial charge in [0.25, 0.3) is 0 Å². The van der Waals surface area contributed by atoms with E-state index in [1.54, 1.807) is 0 Å². The average molecular weight is 471 g/mol. The Morgan fingerprint density at radius 2 is 1.74 bits per heavy atom. The molecule has 1 unspecified atom stereocenters. The molecule has 0 fully saturated rings. The van der Waals surface area contributed by atoms with E-state index in [1.165, 1.54) is 30.4 Å². The third kappa shape index (κ3) is 6.93. The number of aliphatic imine (C=N–C) groups is 1. The SMILES string of the molecule is CCCCCCCC(CCC)OC(=O)C(=NO)C1=NCC(CCC)(CCC)c2c(C)cccc21. The van der Waals surface area contributed by atoms with Crippen LogP contribution in [0.3, 0.4) is 0 Å². The molecule has 1 aliphatic rings. The summed E-state index contributed by atoms with van der Waals surface area (Å²) in [5, 5.41) is 13.3. The highest BCUT2D eigenvalue weighted by molar-refractivity contribution is 6.69. The molecule has 0 spiro atoms. The standard InChI is InChI=1S/C29H46N2O3/c1-6-10-11-12-13-17-23(15-7-2)34-28(32)27(31-33)26-24-18-14-16-22(5)25(24)29(19-8-3,20-9-4)21-30-26/h14,16,18,23,33H,6-13,15,17,19-21H2,1-5H3. The van der Waals surface area contributed by atoms with Gasteiger partial charge < -0.3 is 9.94 Å². The Bertz CT molecular complexity index is 838. The van der Waals surface area contributed by atoms with Crippen LogP contribution in [0.25, 0.3) is 0 Å². The molecule has 0 bridgehead atoms. The van der Waals surface area contributed by atoms with Crippen LogP contribution in [0.15, 0.2) is 28.3 Å². The summed E-state index contributed by atoms with van der Waals surface area (Å²) < 4.78 is 5.89. The van der Waals surface area contributed by atoms with Crippen LogP contribution in [0.5, 0.6) is 0 Å². The number of benzene rings is 1. The second-order valence-electron chi connectivity index (χ2n) is 9.91. The van der Waals surface area contributed by atoms with Crippen molar-refractivity contribution in [1.82, 2.24) is 0 Å². The van der Waals surface area contributed by atoms with Crippen molar-refractivity contribution in [1.29, 1.82) is 0 Å². The van der Waals surface area contributed by atoms with Crippen LogP contribution in [0.1, 0.15) is 121 Å².